The Labute approximate surface area is 128 Å². The first-order valence-corrected chi connectivity index (χ1v) is 7.60. The summed E-state index contributed by atoms with van der Waals surface area (Å²) in [5, 5.41) is 12.6. The highest BCUT2D eigenvalue weighted by Crippen LogP contribution is 2.27. The van der Waals surface area contributed by atoms with E-state index in [2.05, 4.69) is 34.0 Å². The molecule has 1 aliphatic rings. The average molecular weight is 291 g/mol. The van der Waals surface area contributed by atoms with Gasteiger partial charge in [-0.25, -0.2) is 4.98 Å². The van der Waals surface area contributed by atoms with Crippen molar-refractivity contribution in [3.8, 4) is 0 Å². The molecule has 3 aromatic rings. The predicted molar refractivity (Wildman–Crippen MR) is 86.5 cm³/mol. The van der Waals surface area contributed by atoms with Gasteiger partial charge in [0, 0.05) is 24.9 Å². The highest BCUT2D eigenvalue weighted by atomic mass is 16.4. The Morgan fingerprint density at radius 2 is 1.91 bits per heavy atom. The first-order valence-electron chi connectivity index (χ1n) is 7.60. The number of aryl methyl sites for hydroxylation is 3. The Bertz CT molecular complexity index is 849. The second-order valence-corrected chi connectivity index (χ2v) is 5.64. The molecule has 0 saturated heterocycles. The van der Waals surface area contributed by atoms with Crippen molar-refractivity contribution >= 4 is 16.7 Å². The van der Waals surface area contributed by atoms with E-state index in [0.29, 0.717) is 0 Å². The molecule has 22 heavy (non-hydrogen) atoms. The lowest BCUT2D eigenvalue weighted by molar-refractivity contribution is 0.317. The minimum atomic E-state index is 0.747. The minimum Gasteiger partial charge on any atom is -0.411 e. The molecule has 0 bridgehead atoms. The fourth-order valence-electron chi connectivity index (χ4n) is 3.26. The van der Waals surface area contributed by atoms with E-state index in [9.17, 15) is 5.21 Å². The van der Waals surface area contributed by atoms with Crippen molar-refractivity contribution in [2.45, 2.75) is 25.8 Å². The maximum atomic E-state index is 9.19. The monoisotopic (exact) mass is 291 g/mol. The molecule has 0 aliphatic carbocycles. The molecule has 1 aliphatic heterocycles. The van der Waals surface area contributed by atoms with Crippen LogP contribution in [0, 0.1) is 0 Å². The Morgan fingerprint density at radius 3 is 2.73 bits per heavy atom. The molecule has 1 N–H and O–H groups in total. The van der Waals surface area contributed by atoms with Crippen molar-refractivity contribution < 1.29 is 5.21 Å². The molecule has 110 valence electrons. The van der Waals surface area contributed by atoms with Crippen molar-refractivity contribution in [3.63, 3.8) is 0 Å². The second-order valence-electron chi connectivity index (χ2n) is 5.64. The van der Waals surface area contributed by atoms with Gasteiger partial charge >= 0.3 is 0 Å². The zero-order valence-corrected chi connectivity index (χ0v) is 12.2. The Morgan fingerprint density at radius 1 is 1.05 bits per heavy atom. The number of benzene rings is 2. The number of hydrogen-bond donors (Lipinski definition) is 1. The van der Waals surface area contributed by atoms with Crippen LogP contribution in [0.5, 0.6) is 0 Å². The van der Waals surface area contributed by atoms with Crippen LogP contribution in [0.4, 0.5) is 0 Å². The van der Waals surface area contributed by atoms with Gasteiger partial charge in [0.2, 0.25) is 0 Å². The summed E-state index contributed by atoms with van der Waals surface area (Å²) >= 11 is 0. The molecule has 1 aromatic heterocycles. The van der Waals surface area contributed by atoms with E-state index in [4.69, 9.17) is 4.98 Å². The van der Waals surface area contributed by atoms with E-state index >= 15 is 0 Å². The zero-order valence-electron chi connectivity index (χ0n) is 12.2. The standard InChI is InChI=1S/C18H17N3O/c22-20-15-11-12-21-17(10-9-13-5-2-1-3-6-13)19-16-8-4-7-14(15)18(16)21/h1-8,22H,9-12H2. The SMILES string of the molecule is ON=C1CCn2c(CCc3ccccc3)nc3cccc1c32. The van der Waals surface area contributed by atoms with Gasteiger partial charge in [0.15, 0.2) is 0 Å². The van der Waals surface area contributed by atoms with Crippen molar-refractivity contribution in [2.24, 2.45) is 5.16 Å². The molecule has 4 nitrogen and oxygen atoms in total. The largest absolute Gasteiger partial charge is 0.411 e. The van der Waals surface area contributed by atoms with Crippen molar-refractivity contribution in [2.75, 3.05) is 0 Å². The first kappa shape index (κ1) is 13.1. The van der Waals surface area contributed by atoms with Crippen LogP contribution in [-0.4, -0.2) is 20.5 Å². The van der Waals surface area contributed by atoms with Crippen LogP contribution in [0.25, 0.3) is 11.0 Å². The van der Waals surface area contributed by atoms with Gasteiger partial charge < -0.3 is 9.77 Å². The van der Waals surface area contributed by atoms with Crippen LogP contribution < -0.4 is 0 Å². The van der Waals surface area contributed by atoms with E-state index in [-0.39, 0.29) is 0 Å². The summed E-state index contributed by atoms with van der Waals surface area (Å²) in [4.78, 5) is 4.79. The first-order chi connectivity index (χ1) is 10.9. The normalized spacial score (nSPS) is 15.5. The van der Waals surface area contributed by atoms with Crippen molar-refractivity contribution in [1.82, 2.24) is 9.55 Å². The molecule has 4 heteroatoms. The van der Waals surface area contributed by atoms with Gasteiger partial charge in [-0.05, 0) is 18.1 Å². The smallest absolute Gasteiger partial charge is 0.110 e. The maximum Gasteiger partial charge on any atom is 0.110 e. The quantitative estimate of drug-likeness (QED) is 0.594. The van der Waals surface area contributed by atoms with Crippen LogP contribution in [0.15, 0.2) is 53.7 Å². The third kappa shape index (κ3) is 2.08. The summed E-state index contributed by atoms with van der Waals surface area (Å²) in [6, 6.07) is 16.5. The molecule has 0 unspecified atom stereocenters. The number of imidazole rings is 1. The summed E-state index contributed by atoms with van der Waals surface area (Å²) in [7, 11) is 0. The van der Waals surface area contributed by atoms with Gasteiger partial charge in [-0.2, -0.15) is 0 Å². The molecule has 0 amide bonds. The maximum absolute atomic E-state index is 9.19. The number of hydrogen-bond acceptors (Lipinski definition) is 3. The Kier molecular flexibility index (Phi) is 3.15. The lowest BCUT2D eigenvalue weighted by Gasteiger charge is -2.17. The van der Waals surface area contributed by atoms with E-state index in [1.807, 2.05) is 24.3 Å². The lowest BCUT2D eigenvalue weighted by Crippen LogP contribution is -2.17. The third-order valence-corrected chi connectivity index (χ3v) is 4.33. The van der Waals surface area contributed by atoms with Gasteiger partial charge in [0.25, 0.3) is 0 Å². The Balaban J connectivity index is 1.73. The van der Waals surface area contributed by atoms with Gasteiger partial charge in [0.1, 0.15) is 5.82 Å². The number of nitrogens with zero attached hydrogens (tertiary/aromatic N) is 3. The number of aromatic nitrogens is 2. The van der Waals surface area contributed by atoms with Crippen LogP contribution in [-0.2, 0) is 19.4 Å². The van der Waals surface area contributed by atoms with E-state index in [1.165, 1.54) is 5.56 Å². The fourth-order valence-corrected chi connectivity index (χ4v) is 3.26. The van der Waals surface area contributed by atoms with Crippen LogP contribution >= 0.6 is 0 Å². The molecule has 0 radical (unpaired) electrons. The number of oxime groups is 1. The van der Waals surface area contributed by atoms with E-state index in [1.54, 1.807) is 0 Å². The zero-order chi connectivity index (χ0) is 14.9. The van der Waals surface area contributed by atoms with Gasteiger partial charge in [-0.1, -0.05) is 47.6 Å². The van der Waals surface area contributed by atoms with Crippen LogP contribution in [0.2, 0.25) is 0 Å². The summed E-state index contributed by atoms with van der Waals surface area (Å²) in [5.74, 6) is 1.11. The lowest BCUT2D eigenvalue weighted by atomic mass is 10.0. The second kappa shape index (κ2) is 5.30. The summed E-state index contributed by atoms with van der Waals surface area (Å²) in [6.45, 7) is 0.830. The highest BCUT2D eigenvalue weighted by molar-refractivity contribution is 6.10. The summed E-state index contributed by atoms with van der Waals surface area (Å²) in [6.07, 6.45) is 2.65. The van der Waals surface area contributed by atoms with Crippen LogP contribution in [0.1, 0.15) is 23.4 Å². The Hall–Kier alpha value is -2.62. The third-order valence-electron chi connectivity index (χ3n) is 4.33. The van der Waals surface area contributed by atoms with Crippen molar-refractivity contribution in [1.29, 1.82) is 0 Å². The van der Waals surface area contributed by atoms with Gasteiger partial charge in [-0.3, -0.25) is 0 Å². The van der Waals surface area contributed by atoms with Gasteiger partial charge in [-0.15, -0.1) is 0 Å². The number of rotatable bonds is 3. The molecular weight excluding hydrogens is 274 g/mol. The van der Waals surface area contributed by atoms with E-state index < -0.39 is 0 Å². The predicted octanol–water partition coefficient (Wildman–Crippen LogP) is 3.40. The molecule has 0 spiro atoms. The molecule has 4 rings (SSSR count). The molecule has 0 atom stereocenters. The molecule has 0 fully saturated rings. The topological polar surface area (TPSA) is 50.4 Å². The highest BCUT2D eigenvalue weighted by Gasteiger charge is 2.21. The summed E-state index contributed by atoms with van der Waals surface area (Å²) < 4.78 is 2.28. The van der Waals surface area contributed by atoms with Crippen molar-refractivity contribution in [3.05, 3.63) is 65.5 Å². The molecule has 2 heterocycles. The molecular formula is C18H17N3O. The molecule has 0 saturated carbocycles. The number of para-hydroxylation sites is 1. The van der Waals surface area contributed by atoms with Gasteiger partial charge in [0.05, 0.1) is 16.7 Å². The molecule has 2 aromatic carbocycles. The average Bonchev–Trinajstić information content (AvgIpc) is 2.94. The fraction of sp³-hybridized carbons (Fsp3) is 0.222. The summed E-state index contributed by atoms with van der Waals surface area (Å²) in [5.41, 5.74) is 5.18. The van der Waals surface area contributed by atoms with E-state index in [0.717, 1.165) is 53.9 Å². The van der Waals surface area contributed by atoms with Crippen LogP contribution in [0.3, 0.4) is 0 Å². The minimum absolute atomic E-state index is 0.747.